The van der Waals surface area contributed by atoms with Crippen LogP contribution in [0.4, 0.5) is 0 Å². The van der Waals surface area contributed by atoms with Gasteiger partial charge in [-0.3, -0.25) is 5.41 Å². The maximum absolute atomic E-state index is 6.99. The molecule has 1 unspecified atom stereocenters. The van der Waals surface area contributed by atoms with Gasteiger partial charge in [-0.25, -0.2) is 0 Å². The summed E-state index contributed by atoms with van der Waals surface area (Å²) < 4.78 is 0. The van der Waals surface area contributed by atoms with E-state index in [4.69, 9.17) is 5.41 Å². The summed E-state index contributed by atoms with van der Waals surface area (Å²) in [5.74, 6) is 1.65. The monoisotopic (exact) mass is 210 g/mol. The molecule has 0 aliphatic heterocycles. The number of hydrogen-bond acceptors (Lipinski definition) is 1. The van der Waals surface area contributed by atoms with Crippen molar-refractivity contribution in [3.63, 3.8) is 0 Å². The molecule has 0 amide bonds. The molecule has 0 rings (SSSR count). The molecule has 0 fully saturated rings. The first-order valence-electron chi connectivity index (χ1n) is 5.95. The number of allylic oxidation sites excluding steroid dienone is 1. The number of nitrogens with one attached hydrogen (secondary N) is 1. The molecule has 0 spiro atoms. The second-order valence-electron chi connectivity index (χ2n) is 4.83. The Morgan fingerprint density at radius 1 is 1.13 bits per heavy atom. The molecular formula is C13H26N2. The van der Waals surface area contributed by atoms with Crippen LogP contribution in [0, 0.1) is 17.2 Å². The topological polar surface area (TPSA) is 27.1 Å². The molecule has 2 heteroatoms. The molecule has 1 N–H and O–H groups in total. The lowest BCUT2D eigenvalue weighted by atomic mass is 9.95. The largest absolute Gasteiger partial charge is 0.343 e. The maximum Gasteiger partial charge on any atom is 0.0854 e. The van der Waals surface area contributed by atoms with E-state index < -0.39 is 0 Å². The van der Waals surface area contributed by atoms with Gasteiger partial charge in [-0.2, -0.15) is 0 Å². The van der Waals surface area contributed by atoms with Crippen LogP contribution in [-0.2, 0) is 0 Å². The summed E-state index contributed by atoms with van der Waals surface area (Å²) in [6.07, 6.45) is 10.5. The molecule has 0 saturated carbocycles. The van der Waals surface area contributed by atoms with E-state index in [-0.39, 0.29) is 0 Å². The average molecular weight is 210 g/mol. The van der Waals surface area contributed by atoms with E-state index in [1.54, 1.807) is 4.90 Å². The lowest BCUT2D eigenvalue weighted by molar-refractivity contribution is 0.430. The van der Waals surface area contributed by atoms with E-state index in [9.17, 15) is 0 Å². The molecule has 1 atom stereocenters. The first-order chi connectivity index (χ1) is 7.06. The van der Waals surface area contributed by atoms with Crippen molar-refractivity contribution in [1.82, 2.24) is 4.90 Å². The summed E-state index contributed by atoms with van der Waals surface area (Å²) in [6.45, 7) is 6.90. The summed E-state index contributed by atoms with van der Waals surface area (Å²) >= 11 is 0. The SMILES string of the molecule is CC(C)CCC(C)CCC=CN(C)C=N. The van der Waals surface area contributed by atoms with Gasteiger partial charge in [0.1, 0.15) is 0 Å². The Hall–Kier alpha value is -0.790. The van der Waals surface area contributed by atoms with Crippen molar-refractivity contribution in [1.29, 1.82) is 5.41 Å². The van der Waals surface area contributed by atoms with Gasteiger partial charge in [0.25, 0.3) is 0 Å². The van der Waals surface area contributed by atoms with Gasteiger partial charge in [0.05, 0.1) is 6.34 Å². The zero-order chi connectivity index (χ0) is 11.7. The fraction of sp³-hybridized carbons (Fsp3) is 0.769. The average Bonchev–Trinajstić information content (AvgIpc) is 2.21. The van der Waals surface area contributed by atoms with Gasteiger partial charge in [0.15, 0.2) is 0 Å². The van der Waals surface area contributed by atoms with E-state index in [1.807, 2.05) is 13.2 Å². The predicted octanol–water partition coefficient (Wildman–Crippen LogP) is 3.89. The van der Waals surface area contributed by atoms with Crippen molar-refractivity contribution < 1.29 is 0 Å². The highest BCUT2D eigenvalue weighted by Gasteiger charge is 2.02. The molecule has 0 radical (unpaired) electrons. The van der Waals surface area contributed by atoms with Crippen molar-refractivity contribution >= 4 is 6.34 Å². The van der Waals surface area contributed by atoms with E-state index in [0.29, 0.717) is 0 Å². The fourth-order valence-electron chi connectivity index (χ4n) is 1.43. The normalized spacial score (nSPS) is 13.4. The van der Waals surface area contributed by atoms with Gasteiger partial charge in [-0.05, 0) is 24.7 Å². The van der Waals surface area contributed by atoms with Gasteiger partial charge in [-0.15, -0.1) is 0 Å². The minimum Gasteiger partial charge on any atom is -0.343 e. The Balaban J connectivity index is 3.49. The van der Waals surface area contributed by atoms with Crippen LogP contribution in [0.2, 0.25) is 0 Å². The van der Waals surface area contributed by atoms with Crippen LogP contribution in [0.15, 0.2) is 12.3 Å². The smallest absolute Gasteiger partial charge is 0.0854 e. The van der Waals surface area contributed by atoms with Crippen molar-refractivity contribution in [3.8, 4) is 0 Å². The second kappa shape index (κ2) is 8.51. The quantitative estimate of drug-likeness (QED) is 0.477. The Morgan fingerprint density at radius 2 is 1.80 bits per heavy atom. The third-order valence-corrected chi connectivity index (χ3v) is 2.61. The van der Waals surface area contributed by atoms with Crippen LogP contribution in [0.5, 0.6) is 0 Å². The highest BCUT2D eigenvalue weighted by atomic mass is 15.1. The molecule has 88 valence electrons. The molecule has 2 nitrogen and oxygen atoms in total. The third-order valence-electron chi connectivity index (χ3n) is 2.61. The van der Waals surface area contributed by atoms with Gasteiger partial charge < -0.3 is 4.90 Å². The van der Waals surface area contributed by atoms with Crippen LogP contribution < -0.4 is 0 Å². The first-order valence-corrected chi connectivity index (χ1v) is 5.95. The maximum atomic E-state index is 6.99. The molecule has 0 aliphatic rings. The zero-order valence-corrected chi connectivity index (χ0v) is 10.7. The van der Waals surface area contributed by atoms with Gasteiger partial charge >= 0.3 is 0 Å². The van der Waals surface area contributed by atoms with E-state index in [1.165, 1.54) is 25.6 Å². The van der Waals surface area contributed by atoms with E-state index in [0.717, 1.165) is 18.3 Å². The summed E-state index contributed by atoms with van der Waals surface area (Å²) in [6, 6.07) is 0. The molecule has 0 aromatic heterocycles. The summed E-state index contributed by atoms with van der Waals surface area (Å²) in [7, 11) is 1.88. The van der Waals surface area contributed by atoms with Gasteiger partial charge in [0, 0.05) is 13.2 Å². The molecule has 0 aliphatic carbocycles. The van der Waals surface area contributed by atoms with Gasteiger partial charge in [0.2, 0.25) is 0 Å². The van der Waals surface area contributed by atoms with Crippen LogP contribution in [0.25, 0.3) is 0 Å². The van der Waals surface area contributed by atoms with Crippen LogP contribution in [0.1, 0.15) is 46.5 Å². The van der Waals surface area contributed by atoms with Crippen LogP contribution in [0.3, 0.4) is 0 Å². The van der Waals surface area contributed by atoms with Crippen molar-refractivity contribution in [3.05, 3.63) is 12.3 Å². The number of nitrogens with zero attached hydrogens (tertiary/aromatic N) is 1. The number of rotatable bonds is 8. The molecule has 0 aromatic rings. The summed E-state index contributed by atoms with van der Waals surface area (Å²) in [5.41, 5.74) is 0. The van der Waals surface area contributed by atoms with Crippen molar-refractivity contribution in [2.24, 2.45) is 11.8 Å². The lowest BCUT2D eigenvalue weighted by Gasteiger charge is -2.11. The minimum absolute atomic E-state index is 0.822. The zero-order valence-electron chi connectivity index (χ0n) is 10.7. The van der Waals surface area contributed by atoms with Crippen molar-refractivity contribution in [2.75, 3.05) is 7.05 Å². The Bertz CT molecular complexity index is 185. The molecular weight excluding hydrogens is 184 g/mol. The minimum atomic E-state index is 0.822. The Labute approximate surface area is 94.9 Å². The molecule has 0 aromatic carbocycles. The van der Waals surface area contributed by atoms with Gasteiger partial charge in [-0.1, -0.05) is 39.7 Å². The fourth-order valence-corrected chi connectivity index (χ4v) is 1.43. The standard InChI is InChI=1S/C13H26N2/c1-12(2)8-9-13(3)7-5-6-10-15(4)11-14/h6,10-14H,5,7-9H2,1-4H3. The summed E-state index contributed by atoms with van der Waals surface area (Å²) in [4.78, 5) is 1.76. The lowest BCUT2D eigenvalue weighted by Crippen LogP contribution is -2.05. The highest BCUT2D eigenvalue weighted by Crippen LogP contribution is 2.16. The molecule has 15 heavy (non-hydrogen) atoms. The van der Waals surface area contributed by atoms with Crippen LogP contribution >= 0.6 is 0 Å². The van der Waals surface area contributed by atoms with E-state index in [2.05, 4.69) is 26.8 Å². The molecule has 0 saturated heterocycles. The van der Waals surface area contributed by atoms with Crippen molar-refractivity contribution in [2.45, 2.75) is 46.5 Å². The molecule has 0 bridgehead atoms. The molecule has 0 heterocycles. The van der Waals surface area contributed by atoms with Crippen LogP contribution in [-0.4, -0.2) is 18.3 Å². The Kier molecular flexibility index (Phi) is 8.06. The summed E-state index contributed by atoms with van der Waals surface area (Å²) in [5, 5.41) is 6.99. The number of hydrogen-bond donors (Lipinski definition) is 1. The Morgan fingerprint density at radius 3 is 2.33 bits per heavy atom. The predicted molar refractivity (Wildman–Crippen MR) is 68.2 cm³/mol. The first kappa shape index (κ1) is 14.2. The van der Waals surface area contributed by atoms with E-state index >= 15 is 0 Å². The highest BCUT2D eigenvalue weighted by molar-refractivity contribution is 5.51. The third kappa shape index (κ3) is 9.51. The second-order valence-corrected chi connectivity index (χ2v) is 4.83.